The fraction of sp³-hybridized carbons (Fsp3) is 0.600. The molecule has 0 spiro atoms. The highest BCUT2D eigenvalue weighted by Crippen LogP contribution is 2.34. The van der Waals surface area contributed by atoms with Crippen molar-refractivity contribution in [3.8, 4) is 0 Å². The van der Waals surface area contributed by atoms with Crippen LogP contribution >= 0.6 is 0 Å². The average Bonchev–Trinajstić information content (AvgIpc) is 2.58. The third-order valence-corrected chi connectivity index (χ3v) is 4.61. The summed E-state index contributed by atoms with van der Waals surface area (Å²) in [5.41, 5.74) is -1.04. The van der Waals surface area contributed by atoms with Gasteiger partial charge in [-0.15, -0.1) is 0 Å². The average molecular weight is 401 g/mol. The molecule has 1 aromatic carbocycles. The van der Waals surface area contributed by atoms with Crippen molar-refractivity contribution < 1.29 is 32.2 Å². The van der Waals surface area contributed by atoms with Gasteiger partial charge in [-0.25, -0.2) is 13.2 Å². The summed E-state index contributed by atoms with van der Waals surface area (Å²) in [5, 5.41) is 2.74. The van der Waals surface area contributed by atoms with Crippen molar-refractivity contribution in [2.45, 2.75) is 52.9 Å². The predicted octanol–water partition coefficient (Wildman–Crippen LogP) is 3.61. The van der Waals surface area contributed by atoms with Crippen LogP contribution in [0.15, 0.2) is 12.1 Å². The highest BCUT2D eigenvalue weighted by Gasteiger charge is 2.45. The number of hydrogen-bond acceptors (Lipinski definition) is 4. The first kappa shape index (κ1) is 22.4. The van der Waals surface area contributed by atoms with E-state index in [1.807, 2.05) is 13.8 Å². The number of rotatable bonds is 6. The first-order valence-electron chi connectivity index (χ1n) is 9.09. The Hall–Kier alpha value is -1.93. The van der Waals surface area contributed by atoms with Crippen molar-refractivity contribution in [3.63, 3.8) is 0 Å². The molecule has 1 aliphatic rings. The molecule has 1 aliphatic heterocycles. The summed E-state index contributed by atoms with van der Waals surface area (Å²) in [6.45, 7) is 9.33. The maximum Gasteiger partial charge on any atom is 0.249 e. The zero-order chi connectivity index (χ0) is 21.3. The molecule has 0 radical (unpaired) electrons. The van der Waals surface area contributed by atoms with Gasteiger partial charge in [0, 0.05) is 24.4 Å². The van der Waals surface area contributed by atoms with Crippen LogP contribution in [0, 0.1) is 28.8 Å². The second-order valence-electron chi connectivity index (χ2n) is 8.40. The van der Waals surface area contributed by atoms with Crippen molar-refractivity contribution in [1.82, 2.24) is 5.32 Å². The van der Waals surface area contributed by atoms with E-state index >= 15 is 0 Å². The molecule has 0 unspecified atom stereocenters. The molecule has 5 nitrogen and oxygen atoms in total. The molecule has 156 valence electrons. The van der Waals surface area contributed by atoms with E-state index in [-0.39, 0.29) is 24.8 Å². The van der Waals surface area contributed by atoms with E-state index in [1.165, 1.54) is 0 Å². The van der Waals surface area contributed by atoms with Gasteiger partial charge in [-0.1, -0.05) is 20.8 Å². The van der Waals surface area contributed by atoms with Crippen LogP contribution in [-0.2, 0) is 14.3 Å². The Labute approximate surface area is 162 Å². The lowest BCUT2D eigenvalue weighted by Crippen LogP contribution is -2.56. The zero-order valence-corrected chi connectivity index (χ0v) is 16.7. The van der Waals surface area contributed by atoms with Gasteiger partial charge in [0.25, 0.3) is 0 Å². The topological polar surface area (TPSA) is 64.6 Å². The maximum absolute atomic E-state index is 13.7. The van der Waals surface area contributed by atoms with E-state index in [9.17, 15) is 22.8 Å². The number of ether oxygens (including phenoxy) is 2. The van der Waals surface area contributed by atoms with Gasteiger partial charge >= 0.3 is 0 Å². The third kappa shape index (κ3) is 5.32. The summed E-state index contributed by atoms with van der Waals surface area (Å²) in [4.78, 5) is 24.8. The summed E-state index contributed by atoms with van der Waals surface area (Å²) < 4.78 is 51.3. The van der Waals surface area contributed by atoms with Crippen LogP contribution in [0.25, 0.3) is 0 Å². The van der Waals surface area contributed by atoms with Gasteiger partial charge in [-0.3, -0.25) is 9.59 Å². The van der Waals surface area contributed by atoms with Crippen molar-refractivity contribution in [2.75, 3.05) is 13.2 Å². The zero-order valence-electron chi connectivity index (χ0n) is 16.7. The van der Waals surface area contributed by atoms with E-state index in [2.05, 4.69) is 5.32 Å². The van der Waals surface area contributed by atoms with Crippen molar-refractivity contribution in [3.05, 3.63) is 35.1 Å². The number of amides is 1. The third-order valence-electron chi connectivity index (χ3n) is 4.61. The molecule has 0 aromatic heterocycles. The Kier molecular flexibility index (Phi) is 6.55. The lowest BCUT2D eigenvalue weighted by atomic mass is 9.85. The van der Waals surface area contributed by atoms with Crippen LogP contribution in [-0.4, -0.2) is 36.7 Å². The highest BCUT2D eigenvalue weighted by molar-refractivity contribution is 5.96. The van der Waals surface area contributed by atoms with Gasteiger partial charge in [0.2, 0.25) is 5.91 Å². The van der Waals surface area contributed by atoms with Crippen LogP contribution in [0.4, 0.5) is 13.2 Å². The fourth-order valence-electron chi connectivity index (χ4n) is 2.92. The van der Waals surface area contributed by atoms with E-state index in [1.54, 1.807) is 20.8 Å². The Morgan fingerprint density at radius 2 is 1.75 bits per heavy atom. The number of Topliss-reactive ketones (excluding diaryl/α,β-unsaturated/α-hetero) is 1. The van der Waals surface area contributed by atoms with Crippen molar-refractivity contribution in [2.24, 2.45) is 11.3 Å². The van der Waals surface area contributed by atoms with Gasteiger partial charge in [0.05, 0.1) is 12.2 Å². The minimum Gasteiger partial charge on any atom is -0.354 e. The van der Waals surface area contributed by atoms with Crippen LogP contribution in [0.1, 0.15) is 51.4 Å². The van der Waals surface area contributed by atoms with Gasteiger partial charge < -0.3 is 14.8 Å². The number of carbonyl (C=O) groups excluding carboxylic acids is 2. The van der Waals surface area contributed by atoms with Crippen LogP contribution < -0.4 is 5.32 Å². The highest BCUT2D eigenvalue weighted by atomic mass is 19.2. The predicted molar refractivity (Wildman–Crippen MR) is 96.1 cm³/mol. The number of nitrogens with one attached hydrogen (secondary N) is 1. The number of benzene rings is 1. The van der Waals surface area contributed by atoms with Gasteiger partial charge in [0.1, 0.15) is 11.9 Å². The molecule has 0 bridgehead atoms. The molecule has 2 rings (SSSR count). The molecule has 0 saturated carbocycles. The number of ketones is 1. The first-order chi connectivity index (χ1) is 12.8. The molecule has 1 fully saturated rings. The Morgan fingerprint density at radius 1 is 1.14 bits per heavy atom. The minimum atomic E-state index is -1.35. The summed E-state index contributed by atoms with van der Waals surface area (Å²) >= 11 is 0. The molecular formula is C20H26F3NO4. The monoisotopic (exact) mass is 401 g/mol. The molecule has 0 aliphatic carbocycles. The summed E-state index contributed by atoms with van der Waals surface area (Å²) in [6.07, 6.45) is -0.867. The summed E-state index contributed by atoms with van der Waals surface area (Å²) in [5.74, 6) is -5.98. The number of hydrogen-bond donors (Lipinski definition) is 1. The fourth-order valence-corrected chi connectivity index (χ4v) is 2.92. The lowest BCUT2D eigenvalue weighted by Gasteiger charge is -2.44. The van der Waals surface area contributed by atoms with Crippen LogP contribution in [0.3, 0.4) is 0 Å². The minimum absolute atomic E-state index is 0.133. The maximum atomic E-state index is 13.7. The molecular weight excluding hydrogens is 375 g/mol. The number of carbonyl (C=O) groups is 2. The van der Waals surface area contributed by atoms with Crippen molar-refractivity contribution >= 4 is 11.7 Å². The molecule has 8 heteroatoms. The standard InChI is InChI=1S/C20H26F3NO4/c1-11(6-16(25)12-7-14(22)15(23)8-13(12)21)9-24-18(26)17-19(2,3)10-27-20(4,5)28-17/h7-8,11,17H,6,9-10H2,1-5H3,(H,24,26)/t11-,17+/m0/s1. The first-order valence-corrected chi connectivity index (χ1v) is 9.09. The van der Waals surface area contributed by atoms with Crippen LogP contribution in [0.5, 0.6) is 0 Å². The smallest absolute Gasteiger partial charge is 0.249 e. The van der Waals surface area contributed by atoms with E-state index < -0.39 is 46.1 Å². The molecule has 1 aromatic rings. The molecule has 1 amide bonds. The van der Waals surface area contributed by atoms with Gasteiger partial charge in [-0.2, -0.15) is 0 Å². The quantitative estimate of drug-likeness (QED) is 0.584. The van der Waals surface area contributed by atoms with Gasteiger partial charge in [-0.05, 0) is 25.8 Å². The van der Waals surface area contributed by atoms with Crippen molar-refractivity contribution in [1.29, 1.82) is 0 Å². The molecule has 1 heterocycles. The molecule has 1 saturated heterocycles. The number of halogens is 3. The van der Waals surface area contributed by atoms with E-state index in [4.69, 9.17) is 9.47 Å². The van der Waals surface area contributed by atoms with Gasteiger partial charge in [0.15, 0.2) is 23.2 Å². The second-order valence-corrected chi connectivity index (χ2v) is 8.40. The molecule has 2 atom stereocenters. The Balaban J connectivity index is 1.94. The van der Waals surface area contributed by atoms with E-state index in [0.29, 0.717) is 18.7 Å². The molecule has 1 N–H and O–H groups in total. The second kappa shape index (κ2) is 8.21. The van der Waals surface area contributed by atoms with E-state index in [0.717, 1.165) is 0 Å². The summed E-state index contributed by atoms with van der Waals surface area (Å²) in [6, 6.07) is 0.903. The molecule has 28 heavy (non-hydrogen) atoms. The normalized spacial score (nSPS) is 21.8. The lowest BCUT2D eigenvalue weighted by molar-refractivity contribution is -0.304. The van der Waals surface area contributed by atoms with Crippen LogP contribution in [0.2, 0.25) is 0 Å². The Morgan fingerprint density at radius 3 is 2.39 bits per heavy atom. The Bertz CT molecular complexity index is 764. The summed E-state index contributed by atoms with van der Waals surface area (Å²) in [7, 11) is 0. The largest absolute Gasteiger partial charge is 0.354 e. The SMILES string of the molecule is C[C@H](CNC(=O)[C@H]1OC(C)(C)OCC1(C)C)CC(=O)c1cc(F)c(F)cc1F.